The van der Waals surface area contributed by atoms with Gasteiger partial charge in [0.05, 0.1) is 6.10 Å². The largest absolute Gasteiger partial charge is 0.345 e. The molecule has 2 rings (SSSR count). The number of nitrogens with zero attached hydrogens (tertiary/aromatic N) is 1. The Balaban J connectivity index is 2.13. The Morgan fingerprint density at radius 2 is 1.90 bits per heavy atom. The summed E-state index contributed by atoms with van der Waals surface area (Å²) in [4.78, 5) is 14.1. The van der Waals surface area contributed by atoms with Gasteiger partial charge >= 0.3 is 6.61 Å². The van der Waals surface area contributed by atoms with Gasteiger partial charge in [0.2, 0.25) is 0 Å². The molecular weight excluding hydrogens is 264 g/mol. The lowest BCUT2D eigenvalue weighted by molar-refractivity contribution is -0.158. The number of alkyl halides is 2. The molecule has 0 aliphatic carbocycles. The lowest BCUT2D eigenvalue weighted by Gasteiger charge is -2.19. The van der Waals surface area contributed by atoms with E-state index in [2.05, 4.69) is 4.74 Å². The van der Waals surface area contributed by atoms with Gasteiger partial charge < -0.3 is 9.64 Å². The Labute approximate surface area is 117 Å². The smallest absolute Gasteiger partial charge is 0.336 e. The molecule has 1 fully saturated rings. The monoisotopic (exact) mass is 283 g/mol. The Morgan fingerprint density at radius 3 is 2.45 bits per heavy atom. The van der Waals surface area contributed by atoms with Crippen molar-refractivity contribution in [3.63, 3.8) is 0 Å². The van der Waals surface area contributed by atoms with E-state index in [1.165, 1.54) is 0 Å². The average molecular weight is 283 g/mol. The normalized spacial score (nSPS) is 18.9. The number of rotatable bonds is 3. The zero-order valence-electron chi connectivity index (χ0n) is 12.0. The van der Waals surface area contributed by atoms with Crippen LogP contribution in [-0.4, -0.2) is 36.6 Å². The van der Waals surface area contributed by atoms with Crippen molar-refractivity contribution in [2.24, 2.45) is 0 Å². The Kier molecular flexibility index (Phi) is 4.38. The fourth-order valence-corrected chi connectivity index (χ4v) is 2.84. The van der Waals surface area contributed by atoms with Crippen LogP contribution in [0.5, 0.6) is 0 Å². The zero-order valence-corrected chi connectivity index (χ0v) is 12.0. The van der Waals surface area contributed by atoms with Crippen molar-refractivity contribution in [1.29, 1.82) is 0 Å². The van der Waals surface area contributed by atoms with E-state index < -0.39 is 12.7 Å². The number of carbonyl (C=O) groups excluding carboxylic acids is 1. The summed E-state index contributed by atoms with van der Waals surface area (Å²) in [5, 5.41) is 0. The molecule has 1 amide bonds. The predicted molar refractivity (Wildman–Crippen MR) is 72.1 cm³/mol. The lowest BCUT2D eigenvalue weighted by atomic mass is 9.99. The molecule has 1 aliphatic rings. The van der Waals surface area contributed by atoms with Crippen LogP contribution in [0.15, 0.2) is 12.1 Å². The minimum atomic E-state index is -2.78. The molecule has 0 N–H and O–H groups in total. The van der Waals surface area contributed by atoms with E-state index in [9.17, 15) is 13.6 Å². The molecule has 1 heterocycles. The molecule has 0 aromatic heterocycles. The summed E-state index contributed by atoms with van der Waals surface area (Å²) in [6.45, 7) is 3.69. The highest BCUT2D eigenvalue weighted by Crippen LogP contribution is 2.22. The fourth-order valence-electron chi connectivity index (χ4n) is 2.84. The number of aryl methyl sites for hydroxylation is 3. The average Bonchev–Trinajstić information content (AvgIpc) is 2.74. The molecular formula is C15H19F2NO2. The second-order valence-electron chi connectivity index (χ2n) is 5.33. The van der Waals surface area contributed by atoms with E-state index >= 15 is 0 Å². The van der Waals surface area contributed by atoms with Crippen molar-refractivity contribution in [3.05, 3.63) is 34.4 Å². The van der Waals surface area contributed by atoms with Crippen molar-refractivity contribution < 1.29 is 18.3 Å². The van der Waals surface area contributed by atoms with Crippen LogP contribution < -0.4 is 0 Å². The van der Waals surface area contributed by atoms with Gasteiger partial charge in [0.25, 0.3) is 5.91 Å². The van der Waals surface area contributed by atoms with Crippen LogP contribution in [0, 0.1) is 20.8 Å². The molecule has 0 radical (unpaired) electrons. The molecule has 110 valence electrons. The molecule has 0 bridgehead atoms. The van der Waals surface area contributed by atoms with Crippen LogP contribution in [0.1, 0.15) is 33.5 Å². The van der Waals surface area contributed by atoms with Gasteiger partial charge in [-0.1, -0.05) is 17.7 Å². The highest BCUT2D eigenvalue weighted by atomic mass is 19.3. The molecule has 0 unspecified atom stereocenters. The maximum Gasteiger partial charge on any atom is 0.345 e. The van der Waals surface area contributed by atoms with Gasteiger partial charge in [-0.2, -0.15) is 8.78 Å². The Bertz CT molecular complexity index is 494. The molecule has 3 nitrogen and oxygen atoms in total. The summed E-state index contributed by atoms with van der Waals surface area (Å²) in [5.41, 5.74) is 3.63. The van der Waals surface area contributed by atoms with Crippen LogP contribution in [0.25, 0.3) is 0 Å². The first-order chi connectivity index (χ1) is 9.38. The highest BCUT2D eigenvalue weighted by Gasteiger charge is 2.30. The third-order valence-corrected chi connectivity index (χ3v) is 3.62. The number of ether oxygens (including phenoxy) is 1. The standard InChI is InChI=1S/C15H19F2NO2/c1-9-6-10(2)13(11(3)7-9)14(19)18-5-4-12(8-18)20-15(16)17/h6-7,12,15H,4-5,8H2,1-3H3/t12-/m0/s1. The van der Waals surface area contributed by atoms with E-state index in [1.807, 2.05) is 32.9 Å². The topological polar surface area (TPSA) is 29.5 Å². The van der Waals surface area contributed by atoms with Crippen LogP contribution in [0.2, 0.25) is 0 Å². The molecule has 0 spiro atoms. The minimum absolute atomic E-state index is 0.0969. The summed E-state index contributed by atoms with van der Waals surface area (Å²) in [6.07, 6.45) is -0.106. The quantitative estimate of drug-likeness (QED) is 0.853. The van der Waals surface area contributed by atoms with E-state index in [0.717, 1.165) is 16.7 Å². The second-order valence-corrected chi connectivity index (χ2v) is 5.33. The van der Waals surface area contributed by atoms with Crippen molar-refractivity contribution in [2.45, 2.75) is 39.9 Å². The van der Waals surface area contributed by atoms with Crippen molar-refractivity contribution in [3.8, 4) is 0 Å². The summed E-state index contributed by atoms with van der Waals surface area (Å²) < 4.78 is 28.8. The van der Waals surface area contributed by atoms with Gasteiger partial charge in [-0.05, 0) is 38.3 Å². The van der Waals surface area contributed by atoms with Crippen molar-refractivity contribution in [2.75, 3.05) is 13.1 Å². The molecule has 20 heavy (non-hydrogen) atoms. The van der Waals surface area contributed by atoms with Gasteiger partial charge in [-0.3, -0.25) is 4.79 Å². The zero-order chi connectivity index (χ0) is 14.9. The molecule has 1 aromatic rings. The first kappa shape index (κ1) is 14.9. The molecule has 5 heteroatoms. The summed E-state index contributed by atoms with van der Waals surface area (Å²) in [6, 6.07) is 3.92. The molecule has 1 aliphatic heterocycles. The number of benzene rings is 1. The molecule has 1 aromatic carbocycles. The number of halogens is 2. The maximum atomic E-state index is 12.5. The Hall–Kier alpha value is -1.49. The third-order valence-electron chi connectivity index (χ3n) is 3.62. The number of hydrogen-bond donors (Lipinski definition) is 0. The molecule has 0 saturated carbocycles. The van der Waals surface area contributed by atoms with Crippen LogP contribution in [0.3, 0.4) is 0 Å². The lowest BCUT2D eigenvalue weighted by Crippen LogP contribution is -2.31. The fraction of sp³-hybridized carbons (Fsp3) is 0.533. The first-order valence-corrected chi connectivity index (χ1v) is 6.69. The number of likely N-dealkylation sites (tertiary alicyclic amines) is 1. The Morgan fingerprint density at radius 1 is 1.30 bits per heavy atom. The van der Waals surface area contributed by atoms with Gasteiger partial charge in [0.1, 0.15) is 0 Å². The van der Waals surface area contributed by atoms with Crippen molar-refractivity contribution >= 4 is 5.91 Å². The third kappa shape index (κ3) is 3.15. The SMILES string of the molecule is Cc1cc(C)c(C(=O)N2CC[C@H](OC(F)F)C2)c(C)c1. The number of hydrogen-bond acceptors (Lipinski definition) is 2. The van der Waals surface area contributed by atoms with E-state index in [1.54, 1.807) is 4.90 Å². The van der Waals surface area contributed by atoms with Crippen LogP contribution in [-0.2, 0) is 4.74 Å². The first-order valence-electron chi connectivity index (χ1n) is 6.69. The summed E-state index contributed by atoms with van der Waals surface area (Å²) in [7, 11) is 0. The number of amides is 1. The van der Waals surface area contributed by atoms with E-state index in [4.69, 9.17) is 0 Å². The molecule has 1 saturated heterocycles. The maximum absolute atomic E-state index is 12.5. The predicted octanol–water partition coefficient (Wildman–Crippen LogP) is 3.07. The van der Waals surface area contributed by atoms with Crippen molar-refractivity contribution in [1.82, 2.24) is 4.90 Å². The van der Waals surface area contributed by atoms with Gasteiger partial charge in [0.15, 0.2) is 0 Å². The molecule has 1 atom stereocenters. The van der Waals surface area contributed by atoms with Gasteiger partial charge in [0, 0.05) is 18.7 Å². The highest BCUT2D eigenvalue weighted by molar-refractivity contribution is 5.97. The summed E-state index contributed by atoms with van der Waals surface area (Å²) >= 11 is 0. The van der Waals surface area contributed by atoms with Gasteiger partial charge in [-0.25, -0.2) is 0 Å². The minimum Gasteiger partial charge on any atom is -0.336 e. The van der Waals surface area contributed by atoms with Crippen LogP contribution >= 0.6 is 0 Å². The van der Waals surface area contributed by atoms with Gasteiger partial charge in [-0.15, -0.1) is 0 Å². The van der Waals surface area contributed by atoms with E-state index in [-0.39, 0.29) is 12.5 Å². The van der Waals surface area contributed by atoms with Crippen LogP contribution in [0.4, 0.5) is 8.78 Å². The second kappa shape index (κ2) is 5.87. The number of carbonyl (C=O) groups is 1. The summed E-state index contributed by atoms with van der Waals surface area (Å²) in [5.74, 6) is -0.0969. The van der Waals surface area contributed by atoms with E-state index in [0.29, 0.717) is 18.5 Å².